The van der Waals surface area contributed by atoms with Gasteiger partial charge in [0, 0.05) is 51.5 Å². The van der Waals surface area contributed by atoms with Crippen LogP contribution in [0.1, 0.15) is 65.1 Å². The number of ether oxygens (including phenoxy) is 2. The first-order chi connectivity index (χ1) is 34.1. The molecule has 0 radical (unpaired) electrons. The van der Waals surface area contributed by atoms with E-state index in [0.29, 0.717) is 66.3 Å². The molecule has 0 bridgehead atoms. The second-order valence-corrected chi connectivity index (χ2v) is 17.3. The number of Topliss-reactive ketones (excluding diaryl/α,β-unsaturated/α-hetero) is 2. The Morgan fingerprint density at radius 2 is 0.901 bits per heavy atom. The number of benzene rings is 5. The zero-order chi connectivity index (χ0) is 51.6. The van der Waals surface area contributed by atoms with Crippen molar-refractivity contribution in [2.75, 3.05) is 52.1 Å². The Hall–Kier alpha value is -6.43. The van der Waals surface area contributed by atoms with Gasteiger partial charge in [-0.3, -0.25) is 28.8 Å². The number of alkyl halides is 3. The molecule has 0 saturated heterocycles. The van der Waals surface area contributed by atoms with E-state index in [-0.39, 0.29) is 56.2 Å². The maximum atomic E-state index is 13.6. The van der Waals surface area contributed by atoms with E-state index in [9.17, 15) is 28.8 Å². The predicted molar refractivity (Wildman–Crippen MR) is 279 cm³/mol. The lowest BCUT2D eigenvalue weighted by molar-refractivity contribution is -0.127. The van der Waals surface area contributed by atoms with Gasteiger partial charge in [0.25, 0.3) is 23.6 Å². The molecule has 0 heterocycles. The van der Waals surface area contributed by atoms with Gasteiger partial charge in [0.05, 0.1) is 23.3 Å². The summed E-state index contributed by atoms with van der Waals surface area (Å²) >= 11 is 30.9. The molecule has 5 rings (SSSR count). The van der Waals surface area contributed by atoms with Gasteiger partial charge in [-0.2, -0.15) is 20.5 Å². The minimum atomic E-state index is -1.63. The number of nitrogens with one attached hydrogen (secondary N) is 4. The number of nitrogens with zero attached hydrogens (tertiary/aromatic N) is 4. The van der Waals surface area contributed by atoms with Crippen LogP contribution in [0.15, 0.2) is 111 Å². The number of aryl methyl sites for hydroxylation is 3. The van der Waals surface area contributed by atoms with Crippen molar-refractivity contribution in [1.82, 2.24) is 0 Å². The van der Waals surface area contributed by atoms with Crippen LogP contribution in [-0.4, -0.2) is 78.1 Å². The van der Waals surface area contributed by atoms with E-state index in [1.807, 2.05) is 13.8 Å². The third-order valence-electron chi connectivity index (χ3n) is 10.2. The molecule has 21 heteroatoms. The minimum Gasteiger partial charge on any atom is -0.494 e. The van der Waals surface area contributed by atoms with Crippen LogP contribution in [0.3, 0.4) is 0 Å². The van der Waals surface area contributed by atoms with Crippen LogP contribution < -0.4 is 30.7 Å². The summed E-state index contributed by atoms with van der Waals surface area (Å²) in [5.41, 5.74) is 3.97. The largest absolute Gasteiger partial charge is 0.494 e. The highest BCUT2D eigenvalue weighted by molar-refractivity contribution is 6.33. The van der Waals surface area contributed by atoms with Crippen molar-refractivity contribution >= 4 is 127 Å². The molecule has 4 N–H and O–H groups in total. The number of hydrogen-bond acceptors (Lipinski definition) is 12. The highest BCUT2D eigenvalue weighted by Crippen LogP contribution is 2.31. The summed E-state index contributed by atoms with van der Waals surface area (Å²) in [6.07, 6.45) is 1.25. The fourth-order valence-electron chi connectivity index (χ4n) is 6.76. The van der Waals surface area contributed by atoms with Gasteiger partial charge in [0.1, 0.15) is 22.9 Å². The molecule has 5 aromatic rings. The predicted octanol–water partition coefficient (Wildman–Crippen LogP) is 12.0. The molecule has 0 aliphatic heterocycles. The molecule has 0 fully saturated rings. The molecular weight excluding hydrogens is 1020 g/mol. The normalized spacial score (nSPS) is 12.0. The molecule has 0 aliphatic rings. The molecule has 0 aliphatic carbocycles. The number of azo groups is 2. The lowest BCUT2D eigenvalue weighted by Gasteiger charge is -2.15. The van der Waals surface area contributed by atoms with E-state index in [2.05, 4.69) is 41.7 Å². The van der Waals surface area contributed by atoms with Gasteiger partial charge in [0.15, 0.2) is 11.6 Å². The summed E-state index contributed by atoms with van der Waals surface area (Å²) in [5, 5.41) is 27.3. The standard InChI is InChI=1S/C50H49Cl5N8O8/c1-5-70-43-15-10-36(24-31(43)18-21-52)56-47(66)33-7-12-38(54)41(26-33)60-62-45(28(3)64)49(68)58-35-9-14-40(30(23-35)17-20-51)59-50(69)46(29(4)65)63-61-42-27-34(8-13-39(42)55)48(67)57-37-11-16-44(71-6-2)32(25-37)19-22-53/h7-16,23-27,45-46H,5-6,17-22H2,1-4H3,(H,56,66)(H,57,67)(H,58,68)(H,59,69). The number of carbonyl (C=O) groups excluding carboxylic acids is 6. The average molecular weight is 1070 g/mol. The van der Waals surface area contributed by atoms with E-state index in [1.54, 1.807) is 36.4 Å². The fraction of sp³-hybridized carbons (Fsp3) is 0.280. The van der Waals surface area contributed by atoms with E-state index >= 15 is 0 Å². The summed E-state index contributed by atoms with van der Waals surface area (Å²) in [7, 11) is 0. The van der Waals surface area contributed by atoms with E-state index < -0.39 is 47.3 Å². The SMILES string of the molecule is CCOc1ccc(NC(=O)c2ccc(Cl)c(N=NC(C(C)=O)C(=O)Nc3ccc(NC(=O)C(N=Nc4cc(C(=O)Nc5ccc(OCC)c(CCCl)c5)ccc4Cl)C(C)=O)c(CCCl)c3)c2)cc1CCCl. The fourth-order valence-corrected chi connectivity index (χ4v) is 7.68. The Morgan fingerprint density at radius 1 is 0.507 bits per heavy atom. The van der Waals surface area contributed by atoms with Crippen molar-refractivity contribution in [3.8, 4) is 11.5 Å². The van der Waals surface area contributed by atoms with Crippen molar-refractivity contribution in [2.24, 2.45) is 20.5 Å². The Balaban J connectivity index is 1.27. The summed E-state index contributed by atoms with van der Waals surface area (Å²) in [6.45, 7) is 6.99. The molecule has 4 amide bonds. The zero-order valence-corrected chi connectivity index (χ0v) is 42.7. The number of ketones is 2. The summed E-state index contributed by atoms with van der Waals surface area (Å²) in [4.78, 5) is 79.1. The molecule has 0 spiro atoms. The van der Waals surface area contributed by atoms with Gasteiger partial charge < -0.3 is 30.7 Å². The minimum absolute atomic E-state index is 0.0247. The first kappa shape index (κ1) is 55.5. The van der Waals surface area contributed by atoms with Gasteiger partial charge in [-0.05, 0) is 155 Å². The Labute approximate surface area is 435 Å². The van der Waals surface area contributed by atoms with Gasteiger partial charge in [0.2, 0.25) is 12.1 Å². The van der Waals surface area contributed by atoms with Crippen LogP contribution in [0, 0.1) is 0 Å². The summed E-state index contributed by atoms with van der Waals surface area (Å²) in [5.74, 6) is -1.81. The second-order valence-electron chi connectivity index (χ2n) is 15.4. The van der Waals surface area contributed by atoms with Gasteiger partial charge in [-0.1, -0.05) is 23.2 Å². The average Bonchev–Trinajstić information content (AvgIpc) is 3.32. The van der Waals surface area contributed by atoms with Crippen molar-refractivity contribution in [1.29, 1.82) is 0 Å². The zero-order valence-electron chi connectivity index (χ0n) is 38.9. The van der Waals surface area contributed by atoms with Gasteiger partial charge in [-0.15, -0.1) is 34.8 Å². The first-order valence-electron chi connectivity index (χ1n) is 22.1. The van der Waals surface area contributed by atoms with Crippen molar-refractivity contribution in [3.05, 3.63) is 129 Å². The quantitative estimate of drug-likeness (QED) is 0.0264. The number of anilines is 4. The number of amides is 4. The first-order valence-corrected chi connectivity index (χ1v) is 24.4. The number of halogens is 5. The third-order valence-corrected chi connectivity index (χ3v) is 11.4. The molecule has 2 atom stereocenters. The van der Waals surface area contributed by atoms with Crippen molar-refractivity contribution < 1.29 is 38.2 Å². The lowest BCUT2D eigenvalue weighted by atomic mass is 10.1. The van der Waals surface area contributed by atoms with Crippen LogP contribution in [-0.2, 0) is 38.4 Å². The topological polar surface area (TPSA) is 218 Å². The highest BCUT2D eigenvalue weighted by atomic mass is 35.5. The van der Waals surface area contributed by atoms with Gasteiger partial charge >= 0.3 is 0 Å². The number of hydrogen-bond donors (Lipinski definition) is 4. The maximum Gasteiger partial charge on any atom is 0.258 e. The van der Waals surface area contributed by atoms with Crippen LogP contribution in [0.5, 0.6) is 11.5 Å². The van der Waals surface area contributed by atoms with Gasteiger partial charge in [-0.25, -0.2) is 0 Å². The molecular formula is C50H49Cl5N8O8. The smallest absolute Gasteiger partial charge is 0.258 e. The second kappa shape index (κ2) is 27.2. The van der Waals surface area contributed by atoms with E-state index in [1.165, 1.54) is 54.6 Å². The summed E-state index contributed by atoms with van der Waals surface area (Å²) < 4.78 is 11.3. The molecule has 71 heavy (non-hydrogen) atoms. The van der Waals surface area contributed by atoms with Crippen LogP contribution in [0.4, 0.5) is 34.1 Å². The Morgan fingerprint density at radius 3 is 1.32 bits per heavy atom. The molecule has 16 nitrogen and oxygen atoms in total. The number of carbonyl (C=O) groups is 6. The molecule has 0 aromatic heterocycles. The molecule has 2 unspecified atom stereocenters. The van der Waals surface area contributed by atoms with Crippen molar-refractivity contribution in [3.63, 3.8) is 0 Å². The van der Waals surface area contributed by atoms with E-state index in [4.69, 9.17) is 67.5 Å². The third kappa shape index (κ3) is 15.8. The number of rotatable bonds is 24. The molecule has 5 aromatic carbocycles. The molecule has 0 saturated carbocycles. The van der Waals surface area contributed by atoms with Crippen LogP contribution in [0.25, 0.3) is 0 Å². The van der Waals surface area contributed by atoms with Crippen LogP contribution in [0.2, 0.25) is 10.0 Å². The maximum absolute atomic E-state index is 13.6. The molecule has 372 valence electrons. The lowest BCUT2D eigenvalue weighted by Crippen LogP contribution is -2.32. The Bertz CT molecular complexity index is 2850. The van der Waals surface area contributed by atoms with E-state index in [0.717, 1.165) is 25.0 Å². The monoisotopic (exact) mass is 1060 g/mol. The van der Waals surface area contributed by atoms with Crippen LogP contribution >= 0.6 is 58.0 Å². The summed E-state index contributed by atoms with van der Waals surface area (Å²) in [6, 6.07) is 20.2. The Kier molecular flexibility index (Phi) is 21.3. The highest BCUT2D eigenvalue weighted by Gasteiger charge is 2.26. The van der Waals surface area contributed by atoms with Crippen molar-refractivity contribution in [2.45, 2.75) is 59.0 Å².